The Labute approximate surface area is 210 Å². The molecule has 0 radical (unpaired) electrons. The maximum Gasteiger partial charge on any atom is 0.416 e. The van der Waals surface area contributed by atoms with Crippen LogP contribution in [-0.2, 0) is 28.7 Å². The van der Waals surface area contributed by atoms with Gasteiger partial charge in [0, 0.05) is 18.5 Å². The number of benzene rings is 3. The number of Topliss-reactive ketones (excluding diaryl/α,β-unsaturated/α-hetero) is 1. The zero-order chi connectivity index (χ0) is 26.5. The van der Waals surface area contributed by atoms with E-state index in [1.54, 1.807) is 18.2 Å². The summed E-state index contributed by atoms with van der Waals surface area (Å²) < 4.78 is 45.5. The summed E-state index contributed by atoms with van der Waals surface area (Å²) in [6.07, 6.45) is -4.00. The smallest absolute Gasteiger partial charge is 0.416 e. The normalized spacial score (nSPS) is 20.7. The standard InChI is InChI=1S/C28H22F3NO5/c1-15-11-19-13-18(7-10-22(19)37-15)25(34)23-24(17-5-8-21(33)9-6-17)32(27(36)26(23)35)14-16-3-2-4-20(12-16)28(29,30)31/h2-10,12-13,15,24,33-34H,11,14H2,1H3/b25-23-. The second-order valence-electron chi connectivity index (χ2n) is 9.17. The molecule has 9 heteroatoms. The van der Waals surface area contributed by atoms with E-state index in [0.717, 1.165) is 22.6 Å². The highest BCUT2D eigenvalue weighted by Gasteiger charge is 2.46. The van der Waals surface area contributed by atoms with Gasteiger partial charge in [0.1, 0.15) is 23.4 Å². The summed E-state index contributed by atoms with van der Waals surface area (Å²) >= 11 is 0. The van der Waals surface area contributed by atoms with Gasteiger partial charge in [-0.3, -0.25) is 9.59 Å². The molecule has 1 fully saturated rings. The number of phenolic OH excluding ortho intramolecular Hbond substituents is 1. The monoisotopic (exact) mass is 509 g/mol. The van der Waals surface area contributed by atoms with Gasteiger partial charge in [0.05, 0.1) is 17.2 Å². The summed E-state index contributed by atoms with van der Waals surface area (Å²) in [5, 5.41) is 21.0. The quantitative estimate of drug-likeness (QED) is 0.281. The van der Waals surface area contributed by atoms with Gasteiger partial charge in [0.15, 0.2) is 0 Å². The molecule has 2 atom stereocenters. The maximum atomic E-state index is 13.3. The Morgan fingerprint density at radius 1 is 1.05 bits per heavy atom. The van der Waals surface area contributed by atoms with Crippen molar-refractivity contribution in [3.63, 3.8) is 0 Å². The molecule has 0 aliphatic carbocycles. The van der Waals surface area contributed by atoms with Crippen molar-refractivity contribution in [1.82, 2.24) is 4.90 Å². The molecule has 2 N–H and O–H groups in total. The highest BCUT2D eigenvalue weighted by atomic mass is 19.4. The fourth-order valence-electron chi connectivity index (χ4n) is 4.81. The molecule has 0 bridgehead atoms. The van der Waals surface area contributed by atoms with Crippen LogP contribution in [0.5, 0.6) is 11.5 Å². The second kappa shape index (κ2) is 8.99. The minimum Gasteiger partial charge on any atom is -0.508 e. The number of aliphatic hydroxyl groups excluding tert-OH is 1. The molecule has 1 saturated heterocycles. The number of carbonyl (C=O) groups excluding carboxylic acids is 2. The van der Waals surface area contributed by atoms with Gasteiger partial charge in [-0.15, -0.1) is 0 Å². The average molecular weight is 509 g/mol. The molecular formula is C28H22F3NO5. The Hall–Kier alpha value is -4.27. The Bertz CT molecular complexity index is 1430. The molecule has 2 aliphatic rings. The van der Waals surface area contributed by atoms with Gasteiger partial charge in [-0.1, -0.05) is 24.3 Å². The molecule has 0 saturated carbocycles. The summed E-state index contributed by atoms with van der Waals surface area (Å²) in [6.45, 7) is 1.61. The summed E-state index contributed by atoms with van der Waals surface area (Å²) in [6, 6.07) is 14.1. The zero-order valence-corrected chi connectivity index (χ0v) is 19.6. The number of ether oxygens (including phenoxy) is 1. The number of phenols is 1. The minimum atomic E-state index is -4.57. The topological polar surface area (TPSA) is 87.1 Å². The number of hydrogen-bond donors (Lipinski definition) is 2. The highest BCUT2D eigenvalue weighted by molar-refractivity contribution is 6.46. The highest BCUT2D eigenvalue weighted by Crippen LogP contribution is 2.42. The lowest BCUT2D eigenvalue weighted by atomic mass is 9.94. The van der Waals surface area contributed by atoms with E-state index in [9.17, 15) is 33.0 Å². The van der Waals surface area contributed by atoms with E-state index in [1.807, 2.05) is 6.92 Å². The molecular weight excluding hydrogens is 487 g/mol. The number of aliphatic hydroxyl groups is 1. The first-order valence-corrected chi connectivity index (χ1v) is 11.6. The summed E-state index contributed by atoms with van der Waals surface area (Å²) in [7, 11) is 0. The number of ketones is 1. The largest absolute Gasteiger partial charge is 0.508 e. The Morgan fingerprint density at radius 3 is 2.49 bits per heavy atom. The fourth-order valence-corrected chi connectivity index (χ4v) is 4.81. The molecule has 1 amide bonds. The number of carbonyl (C=O) groups is 2. The average Bonchev–Trinajstić information content (AvgIpc) is 3.35. The molecule has 2 aliphatic heterocycles. The van der Waals surface area contributed by atoms with Gasteiger partial charge < -0.3 is 19.8 Å². The lowest BCUT2D eigenvalue weighted by molar-refractivity contribution is -0.140. The first-order valence-electron chi connectivity index (χ1n) is 11.6. The third-order valence-corrected chi connectivity index (χ3v) is 6.53. The van der Waals surface area contributed by atoms with Crippen LogP contribution < -0.4 is 4.74 Å². The molecule has 3 aromatic carbocycles. The predicted octanol–water partition coefficient (Wildman–Crippen LogP) is 5.36. The van der Waals surface area contributed by atoms with Gasteiger partial charge in [-0.25, -0.2) is 0 Å². The van der Waals surface area contributed by atoms with Crippen LogP contribution in [0.1, 0.15) is 40.8 Å². The van der Waals surface area contributed by atoms with Crippen molar-refractivity contribution in [1.29, 1.82) is 0 Å². The molecule has 2 unspecified atom stereocenters. The lowest BCUT2D eigenvalue weighted by Gasteiger charge is -2.26. The van der Waals surface area contributed by atoms with Crippen LogP contribution in [0.2, 0.25) is 0 Å². The Morgan fingerprint density at radius 2 is 1.78 bits per heavy atom. The predicted molar refractivity (Wildman–Crippen MR) is 128 cm³/mol. The number of nitrogens with zero attached hydrogens (tertiary/aromatic N) is 1. The van der Waals surface area contributed by atoms with Crippen LogP contribution in [0.4, 0.5) is 13.2 Å². The first-order chi connectivity index (χ1) is 17.5. The number of likely N-dealkylation sites (tertiary alicyclic amines) is 1. The van der Waals surface area contributed by atoms with Crippen molar-refractivity contribution < 1.29 is 37.7 Å². The molecule has 3 aromatic rings. The van der Waals surface area contributed by atoms with Crippen molar-refractivity contribution >= 4 is 17.4 Å². The van der Waals surface area contributed by atoms with E-state index in [2.05, 4.69) is 0 Å². The van der Waals surface area contributed by atoms with E-state index in [0.29, 0.717) is 23.3 Å². The van der Waals surface area contributed by atoms with E-state index in [4.69, 9.17) is 4.74 Å². The van der Waals surface area contributed by atoms with Gasteiger partial charge >= 0.3 is 6.18 Å². The molecule has 0 spiro atoms. The zero-order valence-electron chi connectivity index (χ0n) is 19.6. The molecule has 37 heavy (non-hydrogen) atoms. The minimum absolute atomic E-state index is 0.0394. The third-order valence-electron chi connectivity index (χ3n) is 6.53. The number of hydrogen-bond acceptors (Lipinski definition) is 5. The van der Waals surface area contributed by atoms with E-state index < -0.39 is 35.2 Å². The van der Waals surface area contributed by atoms with Crippen molar-refractivity contribution in [2.75, 3.05) is 0 Å². The Kier molecular flexibility index (Phi) is 5.94. The van der Waals surface area contributed by atoms with Crippen molar-refractivity contribution in [2.45, 2.75) is 38.2 Å². The fraction of sp³-hybridized carbons (Fsp3) is 0.214. The van der Waals surface area contributed by atoms with Gasteiger partial charge in [-0.2, -0.15) is 13.2 Å². The van der Waals surface area contributed by atoms with Crippen molar-refractivity contribution in [3.05, 3.63) is 100 Å². The molecule has 2 heterocycles. The maximum absolute atomic E-state index is 13.3. The molecule has 6 nitrogen and oxygen atoms in total. The number of amides is 1. The van der Waals surface area contributed by atoms with Crippen LogP contribution in [0, 0.1) is 0 Å². The van der Waals surface area contributed by atoms with Crippen LogP contribution >= 0.6 is 0 Å². The number of fused-ring (bicyclic) bond motifs is 1. The second-order valence-corrected chi connectivity index (χ2v) is 9.17. The number of halogens is 3. The van der Waals surface area contributed by atoms with Crippen molar-refractivity contribution in [2.24, 2.45) is 0 Å². The third kappa shape index (κ3) is 4.52. The SMILES string of the molecule is CC1Cc2cc(/C(O)=C3/C(=O)C(=O)N(Cc4cccc(C(F)(F)F)c4)C3c3ccc(O)cc3)ccc2O1. The van der Waals surface area contributed by atoms with Gasteiger partial charge in [0.25, 0.3) is 11.7 Å². The van der Waals surface area contributed by atoms with Crippen LogP contribution in [-0.4, -0.2) is 32.9 Å². The molecule has 190 valence electrons. The van der Waals surface area contributed by atoms with Crippen LogP contribution in [0.3, 0.4) is 0 Å². The molecule has 0 aromatic heterocycles. The van der Waals surface area contributed by atoms with Crippen LogP contribution in [0.15, 0.2) is 72.3 Å². The van der Waals surface area contributed by atoms with E-state index >= 15 is 0 Å². The van der Waals surface area contributed by atoms with E-state index in [1.165, 1.54) is 36.4 Å². The van der Waals surface area contributed by atoms with Gasteiger partial charge in [-0.05, 0) is 66.1 Å². The van der Waals surface area contributed by atoms with E-state index in [-0.39, 0.29) is 29.5 Å². The summed E-state index contributed by atoms with van der Waals surface area (Å²) in [4.78, 5) is 27.5. The number of aromatic hydroxyl groups is 1. The van der Waals surface area contributed by atoms with Crippen LogP contribution in [0.25, 0.3) is 5.76 Å². The summed E-state index contributed by atoms with van der Waals surface area (Å²) in [5.74, 6) is -1.68. The van der Waals surface area contributed by atoms with Crippen molar-refractivity contribution in [3.8, 4) is 11.5 Å². The Balaban J connectivity index is 1.61. The molecule has 5 rings (SSSR count). The lowest BCUT2D eigenvalue weighted by Crippen LogP contribution is -2.29. The number of alkyl halides is 3. The summed E-state index contributed by atoms with van der Waals surface area (Å²) in [5.41, 5.74) is 0.674. The first kappa shape index (κ1) is 24.4. The number of rotatable bonds is 4. The van der Waals surface area contributed by atoms with Gasteiger partial charge in [0.2, 0.25) is 0 Å².